The van der Waals surface area contributed by atoms with E-state index < -0.39 is 5.97 Å². The van der Waals surface area contributed by atoms with Gasteiger partial charge in [0.05, 0.1) is 12.5 Å². The molecular formula is C21H28N2O4. The first-order valence-electron chi connectivity index (χ1n) is 10.1. The predicted molar refractivity (Wildman–Crippen MR) is 101 cm³/mol. The molecule has 6 nitrogen and oxygen atoms in total. The van der Waals surface area contributed by atoms with Crippen molar-refractivity contribution in [3.63, 3.8) is 0 Å². The van der Waals surface area contributed by atoms with E-state index in [0.717, 1.165) is 25.8 Å². The standard InChI is InChI=1S/C21H28N2O4/c24-20(25)15-6-8-16(9-7-15)22-21(26)23-12-17(14-4-2-1-3-5-14)18-13-27-11-10-19(18)23/h1-5,15-19H,6-13H2,(H,22,26)(H,24,25). The van der Waals surface area contributed by atoms with E-state index in [0.29, 0.717) is 37.9 Å². The van der Waals surface area contributed by atoms with Crippen LogP contribution in [0.4, 0.5) is 4.79 Å². The molecule has 2 heterocycles. The van der Waals surface area contributed by atoms with Gasteiger partial charge in [-0.3, -0.25) is 4.79 Å². The van der Waals surface area contributed by atoms with Crippen molar-refractivity contribution in [2.75, 3.05) is 19.8 Å². The number of nitrogens with one attached hydrogen (secondary N) is 1. The Labute approximate surface area is 159 Å². The van der Waals surface area contributed by atoms with Gasteiger partial charge in [0.2, 0.25) is 0 Å². The quantitative estimate of drug-likeness (QED) is 0.855. The zero-order valence-electron chi connectivity index (χ0n) is 15.5. The second kappa shape index (κ2) is 7.89. The second-order valence-electron chi connectivity index (χ2n) is 8.10. The van der Waals surface area contributed by atoms with Crippen LogP contribution < -0.4 is 5.32 Å². The number of urea groups is 1. The van der Waals surface area contributed by atoms with Crippen molar-refractivity contribution in [1.29, 1.82) is 0 Å². The molecule has 3 unspecified atom stereocenters. The third-order valence-corrected chi connectivity index (χ3v) is 6.57. The Bertz CT molecular complexity index is 672. The van der Waals surface area contributed by atoms with Crippen molar-refractivity contribution in [3.8, 4) is 0 Å². The van der Waals surface area contributed by atoms with Gasteiger partial charge in [-0.2, -0.15) is 0 Å². The number of carboxylic acid groups (broad SMARTS) is 1. The molecule has 3 atom stereocenters. The van der Waals surface area contributed by atoms with Gasteiger partial charge in [0.25, 0.3) is 0 Å². The van der Waals surface area contributed by atoms with Crippen LogP contribution in [0.3, 0.4) is 0 Å². The summed E-state index contributed by atoms with van der Waals surface area (Å²) in [6, 6.07) is 10.7. The minimum absolute atomic E-state index is 0.00380. The van der Waals surface area contributed by atoms with Gasteiger partial charge in [-0.15, -0.1) is 0 Å². The minimum atomic E-state index is -0.713. The first kappa shape index (κ1) is 18.3. The predicted octanol–water partition coefficient (Wildman–Crippen LogP) is 2.84. The fourth-order valence-electron chi connectivity index (χ4n) is 5.03. The maximum absolute atomic E-state index is 13.0. The van der Waals surface area contributed by atoms with E-state index in [2.05, 4.69) is 29.6 Å². The Morgan fingerprint density at radius 2 is 1.81 bits per heavy atom. The van der Waals surface area contributed by atoms with Crippen LogP contribution in [0.5, 0.6) is 0 Å². The summed E-state index contributed by atoms with van der Waals surface area (Å²) >= 11 is 0. The second-order valence-corrected chi connectivity index (χ2v) is 8.10. The molecule has 4 rings (SSSR count). The van der Waals surface area contributed by atoms with E-state index in [9.17, 15) is 9.59 Å². The molecule has 1 aliphatic carbocycles. The highest BCUT2D eigenvalue weighted by Crippen LogP contribution is 2.41. The summed E-state index contributed by atoms with van der Waals surface area (Å²) < 4.78 is 5.73. The third kappa shape index (κ3) is 3.81. The molecule has 0 spiro atoms. The number of hydrogen-bond acceptors (Lipinski definition) is 3. The molecule has 1 aromatic rings. The third-order valence-electron chi connectivity index (χ3n) is 6.57. The van der Waals surface area contributed by atoms with Crippen molar-refractivity contribution >= 4 is 12.0 Å². The highest BCUT2D eigenvalue weighted by molar-refractivity contribution is 5.76. The van der Waals surface area contributed by atoms with Gasteiger partial charge >= 0.3 is 12.0 Å². The molecule has 0 radical (unpaired) electrons. The summed E-state index contributed by atoms with van der Waals surface area (Å²) in [5, 5.41) is 12.3. The molecule has 27 heavy (non-hydrogen) atoms. The maximum Gasteiger partial charge on any atom is 0.317 e. The van der Waals surface area contributed by atoms with Gasteiger partial charge in [-0.25, -0.2) is 4.79 Å². The van der Waals surface area contributed by atoms with Gasteiger partial charge in [-0.1, -0.05) is 30.3 Å². The van der Waals surface area contributed by atoms with Crippen molar-refractivity contribution in [1.82, 2.24) is 10.2 Å². The fourth-order valence-corrected chi connectivity index (χ4v) is 5.03. The number of carbonyl (C=O) groups excluding carboxylic acids is 1. The van der Waals surface area contributed by atoms with Gasteiger partial charge in [0.1, 0.15) is 0 Å². The SMILES string of the molecule is O=C(O)C1CCC(NC(=O)N2CC(c3ccccc3)C3COCCC32)CC1. The van der Waals surface area contributed by atoms with Gasteiger partial charge in [0.15, 0.2) is 0 Å². The molecule has 2 amide bonds. The summed E-state index contributed by atoms with van der Waals surface area (Å²) in [5.41, 5.74) is 1.27. The number of nitrogens with zero attached hydrogens (tertiary/aromatic N) is 1. The summed E-state index contributed by atoms with van der Waals surface area (Å²) in [4.78, 5) is 26.1. The number of hydrogen-bond donors (Lipinski definition) is 2. The van der Waals surface area contributed by atoms with Crippen molar-refractivity contribution in [3.05, 3.63) is 35.9 Å². The minimum Gasteiger partial charge on any atom is -0.481 e. The van der Waals surface area contributed by atoms with E-state index in [1.54, 1.807) is 0 Å². The fraction of sp³-hybridized carbons (Fsp3) is 0.619. The first-order chi connectivity index (χ1) is 13.1. The molecule has 0 bridgehead atoms. The molecule has 2 aliphatic heterocycles. The number of carboxylic acids is 1. The molecule has 1 aromatic carbocycles. The van der Waals surface area contributed by atoms with Crippen LogP contribution in [0.2, 0.25) is 0 Å². The van der Waals surface area contributed by atoms with Gasteiger partial charge in [-0.05, 0) is 37.7 Å². The first-order valence-corrected chi connectivity index (χ1v) is 10.1. The van der Waals surface area contributed by atoms with E-state index in [4.69, 9.17) is 9.84 Å². The number of ether oxygens (including phenoxy) is 1. The molecule has 1 saturated carbocycles. The molecule has 2 N–H and O–H groups in total. The Morgan fingerprint density at radius 3 is 2.52 bits per heavy atom. The average molecular weight is 372 g/mol. The molecule has 0 aromatic heterocycles. The van der Waals surface area contributed by atoms with Crippen molar-refractivity contribution in [2.45, 2.75) is 50.1 Å². The van der Waals surface area contributed by atoms with E-state index in [1.165, 1.54) is 5.56 Å². The van der Waals surface area contributed by atoms with E-state index in [-0.39, 0.29) is 24.0 Å². The normalized spacial score (nSPS) is 33.3. The molecule has 6 heteroatoms. The number of fused-ring (bicyclic) bond motifs is 1. The lowest BCUT2D eigenvalue weighted by Gasteiger charge is -2.34. The lowest BCUT2D eigenvalue weighted by Crippen LogP contribution is -2.50. The Balaban J connectivity index is 1.42. The van der Waals surface area contributed by atoms with Crippen LogP contribution in [-0.4, -0.2) is 53.8 Å². The van der Waals surface area contributed by atoms with Crippen LogP contribution >= 0.6 is 0 Å². The summed E-state index contributed by atoms with van der Waals surface area (Å²) in [7, 11) is 0. The van der Waals surface area contributed by atoms with Crippen LogP contribution in [0, 0.1) is 11.8 Å². The molecule has 3 fully saturated rings. The van der Waals surface area contributed by atoms with E-state index >= 15 is 0 Å². The number of aliphatic carboxylic acids is 1. The number of likely N-dealkylation sites (tertiary alicyclic amines) is 1. The Hall–Kier alpha value is -2.08. The monoisotopic (exact) mass is 372 g/mol. The number of amides is 2. The topological polar surface area (TPSA) is 78.9 Å². The number of carbonyl (C=O) groups is 2. The van der Waals surface area contributed by atoms with Crippen molar-refractivity contribution in [2.24, 2.45) is 11.8 Å². The molecular weight excluding hydrogens is 344 g/mol. The van der Waals surface area contributed by atoms with Crippen LogP contribution in [0.15, 0.2) is 30.3 Å². The highest BCUT2D eigenvalue weighted by Gasteiger charge is 2.46. The Kier molecular flexibility index (Phi) is 5.34. The summed E-state index contributed by atoms with van der Waals surface area (Å²) in [6.45, 7) is 2.13. The van der Waals surface area contributed by atoms with E-state index in [1.807, 2.05) is 11.0 Å². The van der Waals surface area contributed by atoms with Crippen molar-refractivity contribution < 1.29 is 19.4 Å². The lowest BCUT2D eigenvalue weighted by molar-refractivity contribution is -0.142. The van der Waals surface area contributed by atoms with Gasteiger partial charge in [0, 0.05) is 37.1 Å². The van der Waals surface area contributed by atoms with Crippen LogP contribution in [0.1, 0.15) is 43.6 Å². The molecule has 3 aliphatic rings. The smallest absolute Gasteiger partial charge is 0.317 e. The summed E-state index contributed by atoms with van der Waals surface area (Å²) in [5.74, 6) is -0.318. The average Bonchev–Trinajstić information content (AvgIpc) is 3.09. The zero-order chi connectivity index (χ0) is 18.8. The molecule has 2 saturated heterocycles. The van der Waals surface area contributed by atoms with Crippen LogP contribution in [0.25, 0.3) is 0 Å². The Morgan fingerprint density at radius 1 is 1.07 bits per heavy atom. The molecule has 146 valence electrons. The summed E-state index contributed by atoms with van der Waals surface area (Å²) in [6.07, 6.45) is 3.67. The number of rotatable bonds is 3. The highest BCUT2D eigenvalue weighted by atomic mass is 16.5. The van der Waals surface area contributed by atoms with Gasteiger partial charge < -0.3 is 20.1 Å². The largest absolute Gasteiger partial charge is 0.481 e. The maximum atomic E-state index is 13.0. The zero-order valence-corrected chi connectivity index (χ0v) is 15.5. The lowest BCUT2D eigenvalue weighted by atomic mass is 9.84. The number of benzene rings is 1. The van der Waals surface area contributed by atoms with Crippen LogP contribution in [-0.2, 0) is 9.53 Å².